The minimum absolute atomic E-state index is 0.0593. The highest BCUT2D eigenvalue weighted by Crippen LogP contribution is 2.13. The molecule has 1 aromatic heterocycles. The predicted molar refractivity (Wildman–Crippen MR) is 86.7 cm³/mol. The topological polar surface area (TPSA) is 83.0 Å². The Balaban J connectivity index is 0.000000816. The third-order valence-corrected chi connectivity index (χ3v) is 3.42. The van der Waals surface area contributed by atoms with Gasteiger partial charge < -0.3 is 19.6 Å². The van der Waals surface area contributed by atoms with Crippen LogP contribution in [0.25, 0.3) is 0 Å². The van der Waals surface area contributed by atoms with E-state index in [1.54, 1.807) is 12.1 Å². The van der Waals surface area contributed by atoms with E-state index in [9.17, 15) is 4.79 Å². The highest BCUT2D eigenvalue weighted by molar-refractivity contribution is 6.30. The Morgan fingerprint density at radius 3 is 2.83 bits per heavy atom. The van der Waals surface area contributed by atoms with E-state index in [1.807, 2.05) is 19.0 Å². The molecule has 1 fully saturated rings. The molecule has 23 heavy (non-hydrogen) atoms. The van der Waals surface area contributed by atoms with Gasteiger partial charge in [-0.3, -0.25) is 9.59 Å². The highest BCUT2D eigenvalue weighted by atomic mass is 35.5. The molecule has 7 nitrogen and oxygen atoms in total. The summed E-state index contributed by atoms with van der Waals surface area (Å²) in [7, 11) is 4.05. The van der Waals surface area contributed by atoms with Crippen LogP contribution in [0, 0.1) is 5.92 Å². The van der Waals surface area contributed by atoms with Gasteiger partial charge in [-0.15, -0.1) is 0 Å². The van der Waals surface area contributed by atoms with Gasteiger partial charge in [-0.1, -0.05) is 11.6 Å². The quantitative estimate of drug-likeness (QED) is 0.827. The lowest BCUT2D eigenvalue weighted by Crippen LogP contribution is -2.39. The fourth-order valence-electron chi connectivity index (χ4n) is 2.36. The number of aromatic nitrogens is 1. The van der Waals surface area contributed by atoms with Gasteiger partial charge >= 0.3 is 0 Å². The van der Waals surface area contributed by atoms with Crippen molar-refractivity contribution in [2.75, 3.05) is 46.9 Å². The minimum atomic E-state index is -0.250. The van der Waals surface area contributed by atoms with Crippen LogP contribution in [0.15, 0.2) is 18.3 Å². The Hall–Kier alpha value is -1.70. The van der Waals surface area contributed by atoms with Crippen molar-refractivity contribution in [3.63, 3.8) is 0 Å². The maximum Gasteiger partial charge on any atom is 0.290 e. The van der Waals surface area contributed by atoms with Crippen LogP contribution >= 0.6 is 11.6 Å². The summed E-state index contributed by atoms with van der Waals surface area (Å²) >= 11 is 5.80. The molecule has 1 amide bonds. The van der Waals surface area contributed by atoms with Crippen molar-refractivity contribution < 1.29 is 19.4 Å². The van der Waals surface area contributed by atoms with Crippen molar-refractivity contribution in [3.8, 4) is 0 Å². The van der Waals surface area contributed by atoms with Gasteiger partial charge in [0.1, 0.15) is 5.69 Å². The number of ether oxygens (including phenoxy) is 1. The standard InChI is InChI=1S/C14H20ClN3O2.CH2O2/c1-17(2)8-11-9-18(5-6-20-10-11)14(19)13-4-3-12(15)7-16-13;2-1-3/h3-4,7,11H,5-6,8-10H2,1-2H3;1H,(H,2,3). The fraction of sp³-hybridized carbons (Fsp3) is 0.533. The molecule has 0 aliphatic carbocycles. The molecule has 2 rings (SSSR count). The van der Waals surface area contributed by atoms with Gasteiger partial charge in [-0.25, -0.2) is 4.98 Å². The van der Waals surface area contributed by atoms with Crippen LogP contribution in [0.3, 0.4) is 0 Å². The third-order valence-electron chi connectivity index (χ3n) is 3.19. The normalized spacial score (nSPS) is 17.9. The molecule has 0 bridgehead atoms. The van der Waals surface area contributed by atoms with Crippen LogP contribution in [0.2, 0.25) is 5.02 Å². The van der Waals surface area contributed by atoms with Crippen molar-refractivity contribution in [1.82, 2.24) is 14.8 Å². The first-order valence-corrected chi connectivity index (χ1v) is 7.56. The molecular formula is C15H22ClN3O4. The zero-order valence-corrected chi connectivity index (χ0v) is 14.1. The number of halogens is 1. The average Bonchev–Trinajstić information content (AvgIpc) is 2.73. The summed E-state index contributed by atoms with van der Waals surface area (Å²) in [6, 6.07) is 3.35. The van der Waals surface area contributed by atoms with E-state index in [0.717, 1.165) is 6.54 Å². The molecule has 1 aliphatic heterocycles. The number of pyridine rings is 1. The van der Waals surface area contributed by atoms with Gasteiger partial charge in [0, 0.05) is 31.7 Å². The zero-order chi connectivity index (χ0) is 17.2. The predicted octanol–water partition coefficient (Wildman–Crippen LogP) is 1.09. The first-order valence-electron chi connectivity index (χ1n) is 7.19. The summed E-state index contributed by atoms with van der Waals surface area (Å²) in [5.74, 6) is 0.264. The number of carbonyl (C=O) groups is 2. The van der Waals surface area contributed by atoms with Crippen molar-refractivity contribution in [1.29, 1.82) is 0 Å². The van der Waals surface area contributed by atoms with Crippen molar-refractivity contribution >= 4 is 24.0 Å². The van der Waals surface area contributed by atoms with E-state index in [-0.39, 0.29) is 12.4 Å². The van der Waals surface area contributed by atoms with Crippen molar-refractivity contribution in [3.05, 3.63) is 29.0 Å². The lowest BCUT2D eigenvalue weighted by molar-refractivity contribution is -0.122. The van der Waals surface area contributed by atoms with Crippen LogP contribution in [0.4, 0.5) is 0 Å². The monoisotopic (exact) mass is 343 g/mol. The minimum Gasteiger partial charge on any atom is -0.483 e. The van der Waals surface area contributed by atoms with E-state index in [1.165, 1.54) is 6.20 Å². The first kappa shape index (κ1) is 19.3. The smallest absolute Gasteiger partial charge is 0.290 e. The molecule has 0 aromatic carbocycles. The van der Waals surface area contributed by atoms with Crippen LogP contribution < -0.4 is 0 Å². The van der Waals surface area contributed by atoms with Crippen molar-refractivity contribution in [2.24, 2.45) is 5.92 Å². The summed E-state index contributed by atoms with van der Waals surface area (Å²) in [5, 5.41) is 7.42. The Kier molecular flexibility index (Phi) is 8.53. The number of rotatable bonds is 3. The van der Waals surface area contributed by atoms with E-state index in [0.29, 0.717) is 42.9 Å². The lowest BCUT2D eigenvalue weighted by atomic mass is 10.1. The van der Waals surface area contributed by atoms with E-state index in [2.05, 4.69) is 9.88 Å². The van der Waals surface area contributed by atoms with Gasteiger partial charge in [0.15, 0.2) is 0 Å². The fourth-order valence-corrected chi connectivity index (χ4v) is 2.47. The molecule has 8 heteroatoms. The van der Waals surface area contributed by atoms with E-state index >= 15 is 0 Å². The molecular weight excluding hydrogens is 322 g/mol. The van der Waals surface area contributed by atoms with Crippen LogP contribution in [-0.2, 0) is 9.53 Å². The molecule has 1 aliphatic rings. The molecule has 1 aromatic rings. The molecule has 1 unspecified atom stereocenters. The summed E-state index contributed by atoms with van der Waals surface area (Å²) in [6.07, 6.45) is 1.50. The van der Waals surface area contributed by atoms with Gasteiger partial charge in [0.05, 0.1) is 18.2 Å². The Labute approximate surface area is 140 Å². The molecule has 1 atom stereocenters. The Bertz CT molecular complexity index is 496. The first-order chi connectivity index (χ1) is 11.0. The SMILES string of the molecule is CN(C)CC1COCCN(C(=O)c2ccc(Cl)cn2)C1.O=CO. The number of carbonyl (C=O) groups excluding carboxylic acids is 1. The molecule has 0 radical (unpaired) electrons. The number of carboxylic acid groups (broad SMARTS) is 1. The Morgan fingerprint density at radius 1 is 1.57 bits per heavy atom. The van der Waals surface area contributed by atoms with Crippen LogP contribution in [0.1, 0.15) is 10.5 Å². The number of hydrogen-bond acceptors (Lipinski definition) is 5. The van der Waals surface area contributed by atoms with Gasteiger partial charge in [0.25, 0.3) is 12.4 Å². The maximum atomic E-state index is 12.4. The molecule has 1 N–H and O–H groups in total. The van der Waals surface area contributed by atoms with Gasteiger partial charge in [-0.05, 0) is 26.2 Å². The average molecular weight is 344 g/mol. The lowest BCUT2D eigenvalue weighted by Gasteiger charge is -2.25. The van der Waals surface area contributed by atoms with Gasteiger partial charge in [-0.2, -0.15) is 0 Å². The largest absolute Gasteiger partial charge is 0.483 e. The Morgan fingerprint density at radius 2 is 2.26 bits per heavy atom. The zero-order valence-electron chi connectivity index (χ0n) is 13.3. The molecule has 0 spiro atoms. The highest BCUT2D eigenvalue weighted by Gasteiger charge is 2.24. The summed E-state index contributed by atoms with van der Waals surface area (Å²) in [6.45, 7) is 3.21. The van der Waals surface area contributed by atoms with Crippen LogP contribution in [-0.4, -0.2) is 79.2 Å². The summed E-state index contributed by atoms with van der Waals surface area (Å²) in [5.41, 5.74) is 0.430. The number of hydrogen-bond donors (Lipinski definition) is 1. The van der Waals surface area contributed by atoms with Crippen molar-refractivity contribution in [2.45, 2.75) is 0 Å². The summed E-state index contributed by atoms with van der Waals surface area (Å²) in [4.78, 5) is 28.8. The molecule has 128 valence electrons. The van der Waals surface area contributed by atoms with Gasteiger partial charge in [0.2, 0.25) is 0 Å². The second kappa shape index (κ2) is 10.1. The molecule has 2 heterocycles. The molecule has 0 saturated carbocycles. The number of nitrogens with zero attached hydrogens (tertiary/aromatic N) is 3. The molecule has 1 saturated heterocycles. The second-order valence-electron chi connectivity index (χ2n) is 5.42. The van der Waals surface area contributed by atoms with E-state index < -0.39 is 0 Å². The maximum absolute atomic E-state index is 12.4. The number of amides is 1. The summed E-state index contributed by atoms with van der Waals surface area (Å²) < 4.78 is 5.58. The van der Waals surface area contributed by atoms with Crippen LogP contribution in [0.5, 0.6) is 0 Å². The second-order valence-corrected chi connectivity index (χ2v) is 5.86. The van der Waals surface area contributed by atoms with E-state index in [4.69, 9.17) is 26.2 Å². The third kappa shape index (κ3) is 6.94.